The van der Waals surface area contributed by atoms with Crippen LogP contribution >= 0.6 is 11.6 Å². The molecule has 0 fully saturated rings. The van der Waals surface area contributed by atoms with Crippen LogP contribution in [-0.4, -0.2) is 5.91 Å². The zero-order valence-electron chi connectivity index (χ0n) is 14.0. The maximum atomic E-state index is 13.0. The molecular formula is C20H15ClF3NO2. The van der Waals surface area contributed by atoms with Crippen LogP contribution in [0.15, 0.2) is 65.1 Å². The lowest BCUT2D eigenvalue weighted by molar-refractivity contribution is -0.137. The van der Waals surface area contributed by atoms with Crippen LogP contribution in [0.4, 0.5) is 18.9 Å². The summed E-state index contributed by atoms with van der Waals surface area (Å²) in [6, 6.07) is 15.5. The van der Waals surface area contributed by atoms with E-state index in [1.165, 1.54) is 18.2 Å². The fourth-order valence-corrected chi connectivity index (χ4v) is 2.70. The summed E-state index contributed by atoms with van der Waals surface area (Å²) in [5.41, 5.74) is -0.285. The number of hydrogen-bond acceptors (Lipinski definition) is 2. The van der Waals surface area contributed by atoms with Gasteiger partial charge in [-0.3, -0.25) is 4.79 Å². The summed E-state index contributed by atoms with van der Waals surface area (Å²) in [6.45, 7) is 0. The van der Waals surface area contributed by atoms with E-state index in [1.807, 2.05) is 12.1 Å². The van der Waals surface area contributed by atoms with E-state index >= 15 is 0 Å². The Morgan fingerprint density at radius 1 is 1.00 bits per heavy atom. The second kappa shape index (κ2) is 7.88. The number of benzene rings is 2. The Balaban J connectivity index is 1.61. The highest BCUT2D eigenvalue weighted by atomic mass is 35.5. The van der Waals surface area contributed by atoms with E-state index in [9.17, 15) is 18.0 Å². The molecule has 1 N–H and O–H groups in total. The van der Waals surface area contributed by atoms with E-state index < -0.39 is 17.6 Å². The molecule has 0 saturated heterocycles. The Morgan fingerprint density at radius 2 is 1.70 bits per heavy atom. The molecule has 0 atom stereocenters. The second-order valence-corrected chi connectivity index (χ2v) is 6.30. The Labute approximate surface area is 158 Å². The number of carbonyl (C=O) groups is 1. The quantitative estimate of drug-likeness (QED) is 0.561. The Hall–Kier alpha value is -2.73. The molecular weight excluding hydrogens is 379 g/mol. The fourth-order valence-electron chi connectivity index (χ4n) is 2.57. The predicted molar refractivity (Wildman–Crippen MR) is 97.5 cm³/mol. The van der Waals surface area contributed by atoms with Gasteiger partial charge in [0.1, 0.15) is 11.5 Å². The molecule has 0 aliphatic rings. The molecule has 1 amide bonds. The number of anilines is 1. The topological polar surface area (TPSA) is 42.2 Å². The van der Waals surface area contributed by atoms with Gasteiger partial charge in [0.25, 0.3) is 0 Å². The predicted octanol–water partition coefficient (Wildman–Crippen LogP) is 6.19. The summed E-state index contributed by atoms with van der Waals surface area (Å²) in [5.74, 6) is 0.680. The molecule has 2 aromatic carbocycles. The zero-order valence-corrected chi connectivity index (χ0v) is 14.8. The minimum absolute atomic E-state index is 0.000236. The van der Waals surface area contributed by atoms with Crippen LogP contribution < -0.4 is 5.32 Å². The first-order valence-corrected chi connectivity index (χ1v) is 8.51. The molecule has 1 heterocycles. The van der Waals surface area contributed by atoms with Crippen molar-refractivity contribution in [2.75, 3.05) is 5.32 Å². The largest absolute Gasteiger partial charge is 0.461 e. The molecule has 0 radical (unpaired) electrons. The first-order chi connectivity index (χ1) is 12.8. The van der Waals surface area contributed by atoms with Crippen molar-refractivity contribution in [3.63, 3.8) is 0 Å². The average Bonchev–Trinajstić information content (AvgIpc) is 3.09. The van der Waals surface area contributed by atoms with E-state index in [0.29, 0.717) is 16.5 Å². The highest BCUT2D eigenvalue weighted by Crippen LogP contribution is 2.34. The molecule has 27 heavy (non-hydrogen) atoms. The summed E-state index contributed by atoms with van der Waals surface area (Å²) in [6.07, 6.45) is -4.26. The number of halogens is 4. The van der Waals surface area contributed by atoms with E-state index in [2.05, 4.69) is 5.32 Å². The lowest BCUT2D eigenvalue weighted by Crippen LogP contribution is -2.16. The molecule has 7 heteroatoms. The third-order valence-electron chi connectivity index (χ3n) is 3.90. The zero-order chi connectivity index (χ0) is 19.4. The van der Waals surface area contributed by atoms with E-state index in [-0.39, 0.29) is 18.5 Å². The van der Waals surface area contributed by atoms with Crippen LogP contribution in [-0.2, 0) is 17.4 Å². The van der Waals surface area contributed by atoms with Gasteiger partial charge in [-0.05, 0) is 48.5 Å². The number of alkyl halides is 3. The number of amides is 1. The summed E-state index contributed by atoms with van der Waals surface area (Å²) in [7, 11) is 0. The van der Waals surface area contributed by atoms with Crippen LogP contribution in [0, 0.1) is 0 Å². The summed E-state index contributed by atoms with van der Waals surface area (Å²) < 4.78 is 44.6. The molecule has 140 valence electrons. The molecule has 3 nitrogen and oxygen atoms in total. The van der Waals surface area contributed by atoms with Gasteiger partial charge in [0.15, 0.2) is 0 Å². The van der Waals surface area contributed by atoms with Gasteiger partial charge in [0.2, 0.25) is 5.91 Å². The molecule has 0 aliphatic heterocycles. The van der Waals surface area contributed by atoms with Crippen LogP contribution in [0.1, 0.15) is 17.7 Å². The van der Waals surface area contributed by atoms with Gasteiger partial charge >= 0.3 is 6.18 Å². The van der Waals surface area contributed by atoms with Crippen molar-refractivity contribution in [1.82, 2.24) is 0 Å². The number of aryl methyl sites for hydroxylation is 1. The number of rotatable bonds is 5. The second-order valence-electron chi connectivity index (χ2n) is 5.86. The fraction of sp³-hybridized carbons (Fsp3) is 0.150. The van der Waals surface area contributed by atoms with Crippen molar-refractivity contribution in [3.8, 4) is 11.3 Å². The van der Waals surface area contributed by atoms with E-state index in [4.69, 9.17) is 16.0 Å². The molecule has 3 aromatic rings. The first kappa shape index (κ1) is 19.0. The number of carbonyl (C=O) groups excluding carboxylic acids is 1. The van der Waals surface area contributed by atoms with Crippen LogP contribution in [0.25, 0.3) is 11.3 Å². The summed E-state index contributed by atoms with van der Waals surface area (Å²) in [5, 5.41) is 2.93. The van der Waals surface area contributed by atoms with Gasteiger partial charge in [0, 0.05) is 23.4 Å². The van der Waals surface area contributed by atoms with E-state index in [1.54, 1.807) is 24.3 Å². The Bertz CT molecular complexity index is 933. The third-order valence-corrected chi connectivity index (χ3v) is 4.15. The summed E-state index contributed by atoms with van der Waals surface area (Å²) >= 11 is 5.85. The lowest BCUT2D eigenvalue weighted by Gasteiger charge is -2.13. The molecule has 0 spiro atoms. The highest BCUT2D eigenvalue weighted by Gasteiger charge is 2.33. The summed E-state index contributed by atoms with van der Waals surface area (Å²) in [4.78, 5) is 12.0. The number of furan rings is 1. The lowest BCUT2D eigenvalue weighted by atomic mass is 10.1. The molecule has 3 rings (SSSR count). The van der Waals surface area contributed by atoms with Crippen molar-refractivity contribution < 1.29 is 22.4 Å². The van der Waals surface area contributed by atoms with Crippen molar-refractivity contribution in [1.29, 1.82) is 0 Å². The standard InChI is InChI=1S/C20H15ClF3NO2/c21-14-7-5-13(6-8-14)18-11-9-15(27-18)10-12-19(26)25-17-4-2-1-3-16(17)20(22,23)24/h1-9,11H,10,12H2,(H,25,26). The first-order valence-electron chi connectivity index (χ1n) is 8.13. The smallest absolute Gasteiger partial charge is 0.418 e. The number of nitrogens with one attached hydrogen (secondary N) is 1. The molecule has 0 saturated carbocycles. The highest BCUT2D eigenvalue weighted by molar-refractivity contribution is 6.30. The molecule has 0 aliphatic carbocycles. The van der Waals surface area contributed by atoms with Gasteiger partial charge in [-0.2, -0.15) is 13.2 Å². The Morgan fingerprint density at radius 3 is 2.41 bits per heavy atom. The third kappa shape index (κ3) is 4.92. The normalized spacial score (nSPS) is 11.4. The number of para-hydroxylation sites is 1. The van der Waals surface area contributed by atoms with E-state index in [0.717, 1.165) is 11.6 Å². The average molecular weight is 394 g/mol. The van der Waals surface area contributed by atoms with Crippen molar-refractivity contribution in [3.05, 3.63) is 77.0 Å². The molecule has 1 aromatic heterocycles. The maximum absolute atomic E-state index is 13.0. The monoisotopic (exact) mass is 393 g/mol. The molecule has 0 unspecified atom stereocenters. The molecule has 0 bridgehead atoms. The van der Waals surface area contributed by atoms with Gasteiger partial charge in [-0.15, -0.1) is 0 Å². The maximum Gasteiger partial charge on any atom is 0.418 e. The van der Waals surface area contributed by atoms with Crippen LogP contribution in [0.5, 0.6) is 0 Å². The number of hydrogen-bond donors (Lipinski definition) is 1. The van der Waals surface area contributed by atoms with Crippen molar-refractivity contribution in [2.24, 2.45) is 0 Å². The minimum Gasteiger partial charge on any atom is -0.461 e. The van der Waals surface area contributed by atoms with Crippen LogP contribution in [0.3, 0.4) is 0 Å². The van der Waals surface area contributed by atoms with Gasteiger partial charge in [-0.1, -0.05) is 23.7 Å². The minimum atomic E-state index is -4.53. The SMILES string of the molecule is O=C(CCc1ccc(-c2ccc(Cl)cc2)o1)Nc1ccccc1C(F)(F)F. The van der Waals surface area contributed by atoms with Crippen molar-refractivity contribution in [2.45, 2.75) is 19.0 Å². The van der Waals surface area contributed by atoms with Crippen LogP contribution in [0.2, 0.25) is 5.02 Å². The van der Waals surface area contributed by atoms with Crippen molar-refractivity contribution >= 4 is 23.2 Å². The van der Waals surface area contributed by atoms with Gasteiger partial charge < -0.3 is 9.73 Å². The Kier molecular flexibility index (Phi) is 5.56. The van der Waals surface area contributed by atoms with Gasteiger partial charge in [0.05, 0.1) is 11.3 Å². The van der Waals surface area contributed by atoms with Gasteiger partial charge in [-0.25, -0.2) is 0 Å².